The van der Waals surface area contributed by atoms with E-state index in [0.717, 1.165) is 10.0 Å². The molecule has 0 saturated heterocycles. The lowest BCUT2D eigenvalue weighted by Gasteiger charge is -2.15. The van der Waals surface area contributed by atoms with E-state index in [2.05, 4.69) is 21.2 Å². The highest BCUT2D eigenvalue weighted by atomic mass is 79.9. The van der Waals surface area contributed by atoms with Gasteiger partial charge in [0.05, 0.1) is 18.7 Å². The van der Waals surface area contributed by atoms with Crippen LogP contribution in [0.5, 0.6) is 5.75 Å². The average molecular weight is 334 g/mol. The number of nitrogens with one attached hydrogen (secondary N) is 1. The molecule has 0 aromatic heterocycles. The number of hydrogen-bond donors (Lipinski definition) is 1. The molecule has 0 aliphatic carbocycles. The summed E-state index contributed by atoms with van der Waals surface area (Å²) in [5, 5.41) is 2.91. The second-order valence-corrected chi connectivity index (χ2v) is 5.38. The Labute approximate surface area is 127 Å². The minimum Gasteiger partial charge on any atom is -0.495 e. The van der Waals surface area contributed by atoms with Crippen LogP contribution in [-0.4, -0.2) is 13.0 Å². The predicted octanol–water partition coefficient (Wildman–Crippen LogP) is 4.20. The van der Waals surface area contributed by atoms with Gasteiger partial charge in [0.25, 0.3) is 0 Å². The fraction of sp³-hybridized carbons (Fsp3) is 0.188. The van der Waals surface area contributed by atoms with Crippen LogP contribution in [0.3, 0.4) is 0 Å². The topological polar surface area (TPSA) is 38.3 Å². The molecule has 0 radical (unpaired) electrons. The Kier molecular flexibility index (Phi) is 4.79. The summed E-state index contributed by atoms with van der Waals surface area (Å²) in [6, 6.07) is 15.2. The van der Waals surface area contributed by atoms with Gasteiger partial charge in [-0.2, -0.15) is 0 Å². The summed E-state index contributed by atoms with van der Waals surface area (Å²) in [4.78, 5) is 12.3. The second-order valence-electron chi connectivity index (χ2n) is 4.47. The van der Waals surface area contributed by atoms with Crippen molar-refractivity contribution in [3.05, 3.63) is 58.6 Å². The number of benzene rings is 2. The molecule has 2 aromatic carbocycles. The number of anilines is 1. The molecule has 1 N–H and O–H groups in total. The smallest absolute Gasteiger partial charge is 0.231 e. The van der Waals surface area contributed by atoms with Crippen molar-refractivity contribution >= 4 is 27.5 Å². The summed E-state index contributed by atoms with van der Waals surface area (Å²) in [6.45, 7) is 1.88. The minimum absolute atomic E-state index is 0.0624. The maximum atomic E-state index is 12.3. The lowest BCUT2D eigenvalue weighted by Crippen LogP contribution is -2.19. The largest absolute Gasteiger partial charge is 0.495 e. The van der Waals surface area contributed by atoms with Crippen molar-refractivity contribution in [2.24, 2.45) is 0 Å². The molecule has 104 valence electrons. The molecule has 1 atom stereocenters. The maximum Gasteiger partial charge on any atom is 0.231 e. The van der Waals surface area contributed by atoms with E-state index in [1.54, 1.807) is 7.11 Å². The molecule has 0 saturated carbocycles. The number of amides is 1. The average Bonchev–Trinajstić information content (AvgIpc) is 2.47. The molecule has 3 nitrogen and oxygen atoms in total. The summed E-state index contributed by atoms with van der Waals surface area (Å²) in [7, 11) is 1.58. The van der Waals surface area contributed by atoms with E-state index in [-0.39, 0.29) is 11.8 Å². The van der Waals surface area contributed by atoms with Gasteiger partial charge in [0, 0.05) is 4.47 Å². The third kappa shape index (κ3) is 3.39. The molecule has 0 aliphatic heterocycles. The van der Waals surface area contributed by atoms with Crippen LogP contribution in [0.1, 0.15) is 18.4 Å². The second kappa shape index (κ2) is 6.57. The van der Waals surface area contributed by atoms with Gasteiger partial charge >= 0.3 is 0 Å². The molecule has 2 rings (SSSR count). The zero-order chi connectivity index (χ0) is 14.5. The standard InChI is InChI=1S/C16H16BrNO2/c1-11(12-6-4-3-5-7-12)16(19)18-14-10-13(17)8-9-15(14)20-2/h3-11H,1-2H3,(H,18,19). The highest BCUT2D eigenvalue weighted by molar-refractivity contribution is 9.10. The third-order valence-corrected chi connectivity index (χ3v) is 3.61. The van der Waals surface area contributed by atoms with Crippen LogP contribution in [0.4, 0.5) is 5.69 Å². The summed E-state index contributed by atoms with van der Waals surface area (Å²) in [5.74, 6) is 0.356. The molecule has 0 heterocycles. The number of ether oxygens (including phenoxy) is 1. The quantitative estimate of drug-likeness (QED) is 0.910. The number of hydrogen-bond acceptors (Lipinski definition) is 2. The molecular formula is C16H16BrNO2. The Balaban J connectivity index is 2.18. The Morgan fingerprint density at radius 2 is 1.90 bits per heavy atom. The number of halogens is 1. The Morgan fingerprint density at radius 1 is 1.20 bits per heavy atom. The summed E-state index contributed by atoms with van der Waals surface area (Å²) >= 11 is 3.39. The van der Waals surface area contributed by atoms with E-state index in [9.17, 15) is 4.79 Å². The zero-order valence-corrected chi connectivity index (χ0v) is 13.0. The van der Waals surface area contributed by atoms with Crippen molar-refractivity contribution in [1.29, 1.82) is 0 Å². The predicted molar refractivity (Wildman–Crippen MR) is 84.2 cm³/mol. The van der Waals surface area contributed by atoms with E-state index in [0.29, 0.717) is 11.4 Å². The maximum absolute atomic E-state index is 12.3. The summed E-state index contributed by atoms with van der Waals surface area (Å²) < 4.78 is 6.14. The van der Waals surface area contributed by atoms with Crippen LogP contribution >= 0.6 is 15.9 Å². The normalized spacial score (nSPS) is 11.8. The number of carbonyl (C=O) groups is 1. The fourth-order valence-corrected chi connectivity index (χ4v) is 2.27. The van der Waals surface area contributed by atoms with Crippen LogP contribution in [0.25, 0.3) is 0 Å². The van der Waals surface area contributed by atoms with Gasteiger partial charge < -0.3 is 10.1 Å². The highest BCUT2D eigenvalue weighted by Crippen LogP contribution is 2.29. The van der Waals surface area contributed by atoms with Crippen molar-refractivity contribution in [3.8, 4) is 5.75 Å². The van der Waals surface area contributed by atoms with Crippen LogP contribution in [-0.2, 0) is 4.79 Å². The van der Waals surface area contributed by atoms with Crippen molar-refractivity contribution in [2.75, 3.05) is 12.4 Å². The number of carbonyl (C=O) groups excluding carboxylic acids is 1. The first-order valence-corrected chi connectivity index (χ1v) is 7.10. The molecule has 1 unspecified atom stereocenters. The van der Waals surface area contributed by atoms with Gasteiger partial charge in [0.15, 0.2) is 0 Å². The van der Waals surface area contributed by atoms with Gasteiger partial charge in [-0.15, -0.1) is 0 Å². The van der Waals surface area contributed by atoms with Crippen molar-refractivity contribution < 1.29 is 9.53 Å². The van der Waals surface area contributed by atoms with Gasteiger partial charge in [-0.1, -0.05) is 46.3 Å². The molecule has 1 amide bonds. The Hall–Kier alpha value is -1.81. The van der Waals surface area contributed by atoms with Gasteiger partial charge in [0.1, 0.15) is 5.75 Å². The van der Waals surface area contributed by atoms with E-state index in [1.807, 2.05) is 55.5 Å². The zero-order valence-electron chi connectivity index (χ0n) is 11.4. The van der Waals surface area contributed by atoms with Crippen LogP contribution < -0.4 is 10.1 Å². The first-order valence-electron chi connectivity index (χ1n) is 6.31. The molecular weight excluding hydrogens is 318 g/mol. The molecule has 0 spiro atoms. The number of rotatable bonds is 4. The van der Waals surface area contributed by atoms with Crippen molar-refractivity contribution in [2.45, 2.75) is 12.8 Å². The monoisotopic (exact) mass is 333 g/mol. The van der Waals surface area contributed by atoms with Crippen molar-refractivity contribution in [1.82, 2.24) is 0 Å². The lowest BCUT2D eigenvalue weighted by atomic mass is 10.0. The molecule has 0 aliphatic rings. The van der Waals surface area contributed by atoms with Crippen LogP contribution in [0.15, 0.2) is 53.0 Å². The molecule has 0 fully saturated rings. The Bertz CT molecular complexity index is 599. The van der Waals surface area contributed by atoms with Crippen LogP contribution in [0.2, 0.25) is 0 Å². The molecule has 0 bridgehead atoms. The molecule has 4 heteroatoms. The Morgan fingerprint density at radius 3 is 2.55 bits per heavy atom. The van der Waals surface area contributed by atoms with Gasteiger partial charge in [-0.25, -0.2) is 0 Å². The highest BCUT2D eigenvalue weighted by Gasteiger charge is 2.16. The van der Waals surface area contributed by atoms with Gasteiger partial charge in [-0.05, 0) is 30.7 Å². The molecule has 2 aromatic rings. The summed E-state index contributed by atoms with van der Waals surface area (Å²) in [5.41, 5.74) is 1.65. The van der Waals surface area contributed by atoms with Gasteiger partial charge in [0.2, 0.25) is 5.91 Å². The van der Waals surface area contributed by atoms with Gasteiger partial charge in [-0.3, -0.25) is 4.79 Å². The lowest BCUT2D eigenvalue weighted by molar-refractivity contribution is -0.117. The number of methoxy groups -OCH3 is 1. The van der Waals surface area contributed by atoms with Crippen LogP contribution in [0, 0.1) is 0 Å². The van der Waals surface area contributed by atoms with Crippen molar-refractivity contribution in [3.63, 3.8) is 0 Å². The fourth-order valence-electron chi connectivity index (χ4n) is 1.91. The SMILES string of the molecule is COc1ccc(Br)cc1NC(=O)C(C)c1ccccc1. The minimum atomic E-state index is -0.222. The summed E-state index contributed by atoms with van der Waals surface area (Å²) in [6.07, 6.45) is 0. The van der Waals surface area contributed by atoms with E-state index in [4.69, 9.17) is 4.74 Å². The van der Waals surface area contributed by atoms with E-state index >= 15 is 0 Å². The first-order chi connectivity index (χ1) is 9.61. The van der Waals surface area contributed by atoms with E-state index in [1.165, 1.54) is 0 Å². The third-order valence-electron chi connectivity index (χ3n) is 3.11. The first kappa shape index (κ1) is 14.6. The van der Waals surface area contributed by atoms with E-state index < -0.39 is 0 Å². The molecule has 20 heavy (non-hydrogen) atoms.